The molecular formula is C12H12N2O3S. The number of hydrogen-bond acceptors (Lipinski definition) is 5. The van der Waals surface area contributed by atoms with Gasteiger partial charge in [0, 0.05) is 16.6 Å². The number of H-pyrrole nitrogens is 1. The van der Waals surface area contributed by atoms with Gasteiger partial charge in [-0.25, -0.2) is 9.78 Å². The molecule has 0 unspecified atom stereocenters. The molecule has 0 spiro atoms. The van der Waals surface area contributed by atoms with Crippen LogP contribution in [0.4, 0.5) is 0 Å². The molecule has 1 N–H and O–H groups in total. The van der Waals surface area contributed by atoms with Gasteiger partial charge in [0.25, 0.3) is 5.56 Å². The third-order valence-electron chi connectivity index (χ3n) is 2.41. The van der Waals surface area contributed by atoms with Crippen molar-refractivity contribution in [2.75, 3.05) is 6.61 Å². The van der Waals surface area contributed by atoms with Gasteiger partial charge in [-0.3, -0.25) is 4.79 Å². The number of nitrogens with zero attached hydrogens (tertiary/aromatic N) is 1. The number of aromatic amines is 1. The normalized spacial score (nSPS) is 10.3. The van der Waals surface area contributed by atoms with Crippen LogP contribution in [0.15, 0.2) is 22.4 Å². The molecule has 2 heterocycles. The highest BCUT2D eigenvalue weighted by atomic mass is 32.1. The number of nitrogens with one attached hydrogen (secondary N) is 1. The summed E-state index contributed by atoms with van der Waals surface area (Å²) < 4.78 is 4.77. The van der Waals surface area contributed by atoms with Crippen molar-refractivity contribution in [1.29, 1.82) is 0 Å². The summed E-state index contributed by atoms with van der Waals surface area (Å²) >= 11 is 1.57. The largest absolute Gasteiger partial charge is 0.462 e. The molecule has 2 aromatic rings. The quantitative estimate of drug-likeness (QED) is 0.860. The number of aryl methyl sites for hydroxylation is 1. The second kappa shape index (κ2) is 5.14. The van der Waals surface area contributed by atoms with Gasteiger partial charge in [-0.15, -0.1) is 11.3 Å². The van der Waals surface area contributed by atoms with E-state index in [0.717, 1.165) is 10.4 Å². The van der Waals surface area contributed by atoms with Crippen molar-refractivity contribution < 1.29 is 9.53 Å². The van der Waals surface area contributed by atoms with E-state index >= 15 is 0 Å². The number of aromatic nitrogens is 2. The van der Waals surface area contributed by atoms with Crippen LogP contribution in [0.2, 0.25) is 0 Å². The standard InChI is InChI=1S/C12H12N2O3S/c1-3-17-12(16)9-6-13-10(14-11(9)15)8-4-5-18-7(8)2/h4-6H,3H2,1-2H3,(H,13,14,15). The lowest BCUT2D eigenvalue weighted by atomic mass is 10.2. The fourth-order valence-corrected chi connectivity index (χ4v) is 2.22. The number of carbonyl (C=O) groups excluding carboxylic acids is 1. The minimum Gasteiger partial charge on any atom is -0.462 e. The number of rotatable bonds is 3. The van der Waals surface area contributed by atoms with Gasteiger partial charge in [-0.2, -0.15) is 0 Å². The minimum atomic E-state index is -0.653. The van der Waals surface area contributed by atoms with E-state index in [9.17, 15) is 9.59 Å². The molecule has 0 fully saturated rings. The first kappa shape index (κ1) is 12.5. The molecule has 0 aromatic carbocycles. The van der Waals surface area contributed by atoms with Crippen molar-refractivity contribution in [3.05, 3.63) is 38.4 Å². The zero-order valence-electron chi connectivity index (χ0n) is 10.0. The van der Waals surface area contributed by atoms with Crippen LogP contribution in [0.1, 0.15) is 22.2 Å². The number of thiophene rings is 1. The molecule has 6 heteroatoms. The Morgan fingerprint density at radius 1 is 1.56 bits per heavy atom. The fourth-order valence-electron chi connectivity index (χ4n) is 1.52. The molecule has 2 rings (SSSR count). The van der Waals surface area contributed by atoms with E-state index in [1.165, 1.54) is 6.20 Å². The number of hydrogen-bond donors (Lipinski definition) is 1. The fraction of sp³-hybridized carbons (Fsp3) is 0.250. The molecule has 0 saturated heterocycles. The van der Waals surface area contributed by atoms with Crippen LogP contribution in [-0.2, 0) is 4.74 Å². The molecule has 94 valence electrons. The highest BCUT2D eigenvalue weighted by Crippen LogP contribution is 2.23. The van der Waals surface area contributed by atoms with Crippen molar-refractivity contribution in [2.45, 2.75) is 13.8 Å². The Morgan fingerprint density at radius 3 is 2.89 bits per heavy atom. The van der Waals surface area contributed by atoms with E-state index in [0.29, 0.717) is 5.82 Å². The van der Waals surface area contributed by atoms with E-state index in [-0.39, 0.29) is 12.2 Å². The van der Waals surface area contributed by atoms with Gasteiger partial charge in [0.2, 0.25) is 0 Å². The third kappa shape index (κ3) is 2.33. The molecule has 0 aliphatic heterocycles. The minimum absolute atomic E-state index is 0.0755. The number of ether oxygens (including phenoxy) is 1. The highest BCUT2D eigenvalue weighted by molar-refractivity contribution is 7.10. The second-order valence-corrected chi connectivity index (χ2v) is 4.71. The molecule has 0 aliphatic carbocycles. The highest BCUT2D eigenvalue weighted by Gasteiger charge is 2.14. The Balaban J connectivity index is 2.40. The van der Waals surface area contributed by atoms with E-state index in [4.69, 9.17) is 4.74 Å². The Bertz CT molecular complexity index is 630. The predicted molar refractivity (Wildman–Crippen MR) is 68.9 cm³/mol. The molecular weight excluding hydrogens is 252 g/mol. The van der Waals surface area contributed by atoms with Crippen LogP contribution >= 0.6 is 11.3 Å². The Hall–Kier alpha value is -1.95. The first-order valence-electron chi connectivity index (χ1n) is 5.44. The molecule has 2 aromatic heterocycles. The van der Waals surface area contributed by atoms with Gasteiger partial charge in [0.15, 0.2) is 0 Å². The molecule has 0 radical (unpaired) electrons. The molecule has 0 saturated carbocycles. The number of esters is 1. The molecule has 0 aliphatic rings. The van der Waals surface area contributed by atoms with Crippen LogP contribution in [0.5, 0.6) is 0 Å². The maximum atomic E-state index is 11.8. The SMILES string of the molecule is CCOC(=O)c1cnc(-c2ccsc2C)[nH]c1=O. The van der Waals surface area contributed by atoms with Gasteiger partial charge in [0.05, 0.1) is 6.61 Å². The average Bonchev–Trinajstić information content (AvgIpc) is 2.75. The summed E-state index contributed by atoms with van der Waals surface area (Å²) in [5.74, 6) is -0.188. The summed E-state index contributed by atoms with van der Waals surface area (Å²) in [4.78, 5) is 31.0. The van der Waals surface area contributed by atoms with Crippen LogP contribution < -0.4 is 5.56 Å². The van der Waals surface area contributed by atoms with Crippen molar-refractivity contribution in [3.63, 3.8) is 0 Å². The molecule has 0 bridgehead atoms. The maximum Gasteiger partial charge on any atom is 0.345 e. The summed E-state index contributed by atoms with van der Waals surface area (Å²) in [6, 6.07) is 1.88. The molecule has 18 heavy (non-hydrogen) atoms. The predicted octanol–water partition coefficient (Wildman–Crippen LogP) is 1.98. The lowest BCUT2D eigenvalue weighted by Gasteiger charge is -2.02. The van der Waals surface area contributed by atoms with Crippen LogP contribution in [0.3, 0.4) is 0 Å². The topological polar surface area (TPSA) is 72.0 Å². The maximum absolute atomic E-state index is 11.8. The van der Waals surface area contributed by atoms with Gasteiger partial charge < -0.3 is 9.72 Å². The van der Waals surface area contributed by atoms with Crippen molar-refractivity contribution in [2.24, 2.45) is 0 Å². The van der Waals surface area contributed by atoms with Crippen LogP contribution in [-0.4, -0.2) is 22.5 Å². The zero-order valence-corrected chi connectivity index (χ0v) is 10.8. The van der Waals surface area contributed by atoms with E-state index in [1.807, 2.05) is 18.4 Å². The average molecular weight is 264 g/mol. The van der Waals surface area contributed by atoms with E-state index in [2.05, 4.69) is 9.97 Å². The molecule has 0 amide bonds. The lowest BCUT2D eigenvalue weighted by molar-refractivity contribution is 0.0524. The van der Waals surface area contributed by atoms with Crippen molar-refractivity contribution in [3.8, 4) is 11.4 Å². The van der Waals surface area contributed by atoms with Crippen molar-refractivity contribution >= 4 is 17.3 Å². The second-order valence-electron chi connectivity index (χ2n) is 3.59. The third-order valence-corrected chi connectivity index (χ3v) is 3.25. The van der Waals surface area contributed by atoms with Gasteiger partial charge in [0.1, 0.15) is 11.4 Å². The Morgan fingerprint density at radius 2 is 2.33 bits per heavy atom. The monoisotopic (exact) mass is 264 g/mol. The number of carbonyl (C=O) groups is 1. The summed E-state index contributed by atoms with van der Waals surface area (Å²) in [7, 11) is 0. The van der Waals surface area contributed by atoms with Gasteiger partial charge >= 0.3 is 5.97 Å². The summed E-state index contributed by atoms with van der Waals surface area (Å²) in [6.45, 7) is 3.85. The zero-order chi connectivity index (χ0) is 13.1. The van der Waals surface area contributed by atoms with Crippen molar-refractivity contribution in [1.82, 2.24) is 9.97 Å². The summed E-state index contributed by atoms with van der Waals surface area (Å²) in [5, 5.41) is 1.92. The summed E-state index contributed by atoms with van der Waals surface area (Å²) in [5.41, 5.74) is 0.310. The van der Waals surface area contributed by atoms with E-state index in [1.54, 1.807) is 18.3 Å². The van der Waals surface area contributed by atoms with E-state index < -0.39 is 11.5 Å². The van der Waals surface area contributed by atoms with Gasteiger partial charge in [-0.1, -0.05) is 0 Å². The molecule has 0 atom stereocenters. The first-order chi connectivity index (χ1) is 8.63. The Labute approximate surface area is 107 Å². The van der Waals surface area contributed by atoms with Crippen LogP contribution in [0.25, 0.3) is 11.4 Å². The Kier molecular flexibility index (Phi) is 3.57. The van der Waals surface area contributed by atoms with Crippen LogP contribution in [0, 0.1) is 6.92 Å². The molecule has 5 nitrogen and oxygen atoms in total. The smallest absolute Gasteiger partial charge is 0.345 e. The van der Waals surface area contributed by atoms with Gasteiger partial charge in [-0.05, 0) is 25.3 Å². The lowest BCUT2D eigenvalue weighted by Crippen LogP contribution is -2.20. The summed E-state index contributed by atoms with van der Waals surface area (Å²) in [6.07, 6.45) is 1.25. The first-order valence-corrected chi connectivity index (χ1v) is 6.32.